The molecule has 2 fully saturated rings. The summed E-state index contributed by atoms with van der Waals surface area (Å²) in [6.07, 6.45) is 4.07. The second-order valence-electron chi connectivity index (χ2n) is 9.00. The smallest absolute Gasteiger partial charge is 0.335 e. The van der Waals surface area contributed by atoms with E-state index in [2.05, 4.69) is 28.9 Å². The summed E-state index contributed by atoms with van der Waals surface area (Å²) in [5.41, 5.74) is 5.14. The monoisotopic (exact) mass is 420 g/mol. The molecule has 0 amide bonds. The number of aromatic nitrogens is 1. The van der Waals surface area contributed by atoms with E-state index in [-0.39, 0.29) is 11.5 Å². The number of carboxylic acid groups (broad SMARTS) is 1. The van der Waals surface area contributed by atoms with E-state index >= 15 is 0 Å². The lowest BCUT2D eigenvalue weighted by Gasteiger charge is -2.26. The lowest BCUT2D eigenvalue weighted by Crippen LogP contribution is -2.28. The number of aromatic carboxylic acids is 1. The first kappa shape index (κ1) is 20.1. The van der Waals surface area contributed by atoms with Gasteiger partial charge in [0.25, 0.3) is 0 Å². The van der Waals surface area contributed by atoms with E-state index in [4.69, 9.17) is 9.47 Å². The van der Waals surface area contributed by atoms with E-state index in [1.165, 1.54) is 16.5 Å². The molecule has 3 aromatic rings. The number of benzene rings is 2. The summed E-state index contributed by atoms with van der Waals surface area (Å²) in [7, 11) is 1.73. The number of carboxylic acids is 1. The summed E-state index contributed by atoms with van der Waals surface area (Å²) in [6, 6.07) is 11.8. The Balaban J connectivity index is 1.53. The Morgan fingerprint density at radius 2 is 2.13 bits per heavy atom. The van der Waals surface area contributed by atoms with Gasteiger partial charge < -0.3 is 19.6 Å². The number of aromatic amines is 1. The fourth-order valence-electron chi connectivity index (χ4n) is 5.41. The van der Waals surface area contributed by atoms with Crippen LogP contribution in [0.2, 0.25) is 0 Å². The third-order valence-corrected chi connectivity index (χ3v) is 7.03. The van der Waals surface area contributed by atoms with Crippen LogP contribution in [-0.4, -0.2) is 47.8 Å². The third-order valence-electron chi connectivity index (χ3n) is 7.03. The van der Waals surface area contributed by atoms with Crippen LogP contribution in [0.5, 0.6) is 5.75 Å². The Kier molecular flexibility index (Phi) is 4.99. The van der Waals surface area contributed by atoms with E-state index in [1.54, 1.807) is 19.2 Å². The predicted octanol–water partition coefficient (Wildman–Crippen LogP) is 4.54. The molecular weight excluding hydrogens is 392 g/mol. The minimum Gasteiger partial charge on any atom is -0.496 e. The van der Waals surface area contributed by atoms with Crippen molar-refractivity contribution in [3.8, 4) is 5.75 Å². The lowest BCUT2D eigenvalue weighted by atomic mass is 9.83. The zero-order valence-corrected chi connectivity index (χ0v) is 18.0. The van der Waals surface area contributed by atoms with E-state index in [0.29, 0.717) is 5.56 Å². The number of aryl methyl sites for hydroxylation is 1. The summed E-state index contributed by atoms with van der Waals surface area (Å²) in [5.74, 6) is 0.0166. The number of rotatable bonds is 5. The normalized spacial score (nSPS) is 23.7. The molecule has 0 radical (unpaired) electrons. The highest BCUT2D eigenvalue weighted by Crippen LogP contribution is 2.49. The van der Waals surface area contributed by atoms with E-state index in [0.717, 1.165) is 56.0 Å². The van der Waals surface area contributed by atoms with E-state index < -0.39 is 5.97 Å². The number of H-pyrrole nitrogens is 1. The predicted molar refractivity (Wildman–Crippen MR) is 119 cm³/mol. The van der Waals surface area contributed by atoms with Gasteiger partial charge in [0.2, 0.25) is 0 Å². The summed E-state index contributed by atoms with van der Waals surface area (Å²) in [5, 5.41) is 10.5. The number of fused-ring (bicyclic) bond motifs is 1. The van der Waals surface area contributed by atoms with Crippen molar-refractivity contribution in [2.75, 3.05) is 26.9 Å². The minimum absolute atomic E-state index is 0.158. The number of hydrogen-bond acceptors (Lipinski definition) is 4. The number of methoxy groups -OCH3 is 1. The van der Waals surface area contributed by atoms with Gasteiger partial charge >= 0.3 is 5.97 Å². The second kappa shape index (κ2) is 7.70. The van der Waals surface area contributed by atoms with Crippen molar-refractivity contribution in [1.82, 2.24) is 9.88 Å². The molecule has 5 rings (SSSR count). The number of nitrogens with one attached hydrogen (secondary N) is 1. The highest BCUT2D eigenvalue weighted by atomic mass is 16.5. The van der Waals surface area contributed by atoms with Crippen molar-refractivity contribution < 1.29 is 19.4 Å². The maximum Gasteiger partial charge on any atom is 0.335 e. The average molecular weight is 421 g/mol. The minimum atomic E-state index is -0.894. The number of hydrogen-bond donors (Lipinski definition) is 2. The van der Waals surface area contributed by atoms with Crippen molar-refractivity contribution in [1.29, 1.82) is 0 Å². The number of carbonyl (C=O) groups is 1. The molecule has 1 spiro atoms. The molecular formula is C25H28N2O4. The Labute approximate surface area is 181 Å². The third kappa shape index (κ3) is 3.50. The van der Waals surface area contributed by atoms with Crippen molar-refractivity contribution in [3.63, 3.8) is 0 Å². The first-order valence-electron chi connectivity index (χ1n) is 10.8. The van der Waals surface area contributed by atoms with Crippen LogP contribution >= 0.6 is 0 Å². The molecule has 31 heavy (non-hydrogen) atoms. The number of ether oxygens (including phenoxy) is 2. The number of likely N-dealkylation sites (tertiary alicyclic amines) is 1. The fourth-order valence-corrected chi connectivity index (χ4v) is 5.41. The molecule has 2 atom stereocenters. The molecule has 0 aliphatic carbocycles. The highest BCUT2D eigenvalue weighted by Gasteiger charge is 2.47. The maximum absolute atomic E-state index is 11.3. The van der Waals surface area contributed by atoms with Crippen LogP contribution in [0.25, 0.3) is 10.9 Å². The highest BCUT2D eigenvalue weighted by molar-refractivity contribution is 5.88. The van der Waals surface area contributed by atoms with Gasteiger partial charge in [-0.05, 0) is 55.2 Å². The zero-order valence-electron chi connectivity index (χ0n) is 18.0. The van der Waals surface area contributed by atoms with Gasteiger partial charge in [0.15, 0.2) is 0 Å². The van der Waals surface area contributed by atoms with Crippen LogP contribution in [-0.2, 0) is 11.3 Å². The van der Waals surface area contributed by atoms with Gasteiger partial charge in [-0.3, -0.25) is 4.90 Å². The first-order valence-corrected chi connectivity index (χ1v) is 10.8. The molecule has 2 N–H and O–H groups in total. The molecule has 6 nitrogen and oxygen atoms in total. The van der Waals surface area contributed by atoms with Gasteiger partial charge in [-0.2, -0.15) is 0 Å². The van der Waals surface area contributed by atoms with Crippen molar-refractivity contribution in [3.05, 3.63) is 64.8 Å². The largest absolute Gasteiger partial charge is 0.496 e. The molecule has 1 unspecified atom stereocenters. The van der Waals surface area contributed by atoms with Gasteiger partial charge in [-0.25, -0.2) is 4.79 Å². The summed E-state index contributed by atoms with van der Waals surface area (Å²) in [6.45, 7) is 5.43. The van der Waals surface area contributed by atoms with Gasteiger partial charge in [-0.1, -0.05) is 12.1 Å². The summed E-state index contributed by atoms with van der Waals surface area (Å²) < 4.78 is 11.6. The van der Waals surface area contributed by atoms with Crippen molar-refractivity contribution in [2.45, 2.75) is 32.4 Å². The molecule has 6 heteroatoms. The molecule has 2 aliphatic heterocycles. The Morgan fingerprint density at radius 1 is 1.32 bits per heavy atom. The molecule has 2 saturated heterocycles. The number of nitrogens with zero attached hydrogens (tertiary/aromatic N) is 1. The molecule has 2 aromatic carbocycles. The van der Waals surface area contributed by atoms with Crippen LogP contribution in [0.3, 0.4) is 0 Å². The fraction of sp³-hybridized carbons (Fsp3) is 0.400. The lowest BCUT2D eigenvalue weighted by molar-refractivity contribution is 0.0697. The van der Waals surface area contributed by atoms with Crippen LogP contribution in [0.15, 0.2) is 42.6 Å². The maximum atomic E-state index is 11.3. The molecule has 3 heterocycles. The second-order valence-corrected chi connectivity index (χ2v) is 9.00. The van der Waals surface area contributed by atoms with Crippen LogP contribution in [0.4, 0.5) is 0 Å². The topological polar surface area (TPSA) is 74.8 Å². The van der Waals surface area contributed by atoms with E-state index in [9.17, 15) is 9.90 Å². The Morgan fingerprint density at radius 3 is 2.81 bits per heavy atom. The summed E-state index contributed by atoms with van der Waals surface area (Å²) >= 11 is 0. The van der Waals surface area contributed by atoms with Crippen LogP contribution in [0, 0.1) is 12.3 Å². The van der Waals surface area contributed by atoms with E-state index in [1.807, 2.05) is 18.3 Å². The van der Waals surface area contributed by atoms with Crippen LogP contribution < -0.4 is 4.74 Å². The van der Waals surface area contributed by atoms with Crippen molar-refractivity contribution in [2.24, 2.45) is 5.41 Å². The standard InChI is InChI=1S/C25H28N2O4/c1-16-11-22(30-2)20(19-7-9-26-23(16)19)13-27-14-25(8-10-31-15-25)12-21(27)17-3-5-18(6-4-17)24(28)29/h3-7,9,11,21,26H,8,10,12-15H2,1-2H3,(H,28,29)/t21-,25?/m0/s1. The van der Waals surface area contributed by atoms with Crippen molar-refractivity contribution >= 4 is 16.9 Å². The van der Waals surface area contributed by atoms with Gasteiger partial charge in [-0.15, -0.1) is 0 Å². The molecule has 0 saturated carbocycles. The van der Waals surface area contributed by atoms with Gasteiger partial charge in [0, 0.05) is 53.8 Å². The average Bonchev–Trinajstić information content (AvgIpc) is 3.51. The van der Waals surface area contributed by atoms with Gasteiger partial charge in [0.05, 0.1) is 19.3 Å². The first-order chi connectivity index (χ1) is 15.0. The zero-order chi connectivity index (χ0) is 21.6. The quantitative estimate of drug-likeness (QED) is 0.634. The molecule has 162 valence electrons. The molecule has 1 aromatic heterocycles. The van der Waals surface area contributed by atoms with Crippen LogP contribution in [0.1, 0.15) is 45.9 Å². The Bertz CT molecular complexity index is 1110. The SMILES string of the molecule is COc1cc(C)c2[nH]ccc2c1CN1CC2(CCOC2)C[C@H]1c1ccc(C(=O)O)cc1. The molecule has 0 bridgehead atoms. The Hall–Kier alpha value is -2.83. The molecule has 2 aliphatic rings. The van der Waals surface area contributed by atoms with Gasteiger partial charge in [0.1, 0.15) is 5.75 Å². The summed E-state index contributed by atoms with van der Waals surface area (Å²) in [4.78, 5) is 17.2.